The second kappa shape index (κ2) is 7.62. The summed E-state index contributed by atoms with van der Waals surface area (Å²) >= 11 is 0. The molecule has 5 heteroatoms. The summed E-state index contributed by atoms with van der Waals surface area (Å²) in [5, 5.41) is 9.63. The molecular weight excluding hydrogens is 223 g/mol. The molecule has 0 aliphatic carbocycles. The third-order valence-corrected chi connectivity index (χ3v) is 3.14. The summed E-state index contributed by atoms with van der Waals surface area (Å²) in [7, 11) is 2.46. The second-order valence-corrected chi connectivity index (χ2v) is 5.57. The monoisotopic (exact) mass is 244 g/mol. The molecule has 0 unspecified atom stereocenters. The van der Waals surface area contributed by atoms with E-state index in [0.29, 0.717) is 5.31 Å². The normalized spacial score (nSPS) is 12.4. The summed E-state index contributed by atoms with van der Waals surface area (Å²) in [6.07, 6.45) is 1.84. The fourth-order valence-corrected chi connectivity index (χ4v) is 2.33. The van der Waals surface area contributed by atoms with E-state index in [9.17, 15) is 0 Å². The van der Waals surface area contributed by atoms with Crippen LogP contribution >= 0.6 is 8.38 Å². The van der Waals surface area contributed by atoms with Gasteiger partial charge in [0.2, 0.25) is 8.38 Å². The number of hydrogen-bond acceptors (Lipinski definition) is 4. The van der Waals surface area contributed by atoms with E-state index in [-0.39, 0.29) is 12.2 Å². The van der Waals surface area contributed by atoms with Crippen molar-refractivity contribution in [3.05, 3.63) is 11.5 Å². The van der Waals surface area contributed by atoms with E-state index in [4.69, 9.17) is 14.3 Å². The minimum Gasteiger partial charge on any atom is -0.382 e. The molecule has 0 aromatic carbocycles. The smallest absolute Gasteiger partial charge is 0.218 e. The lowest BCUT2D eigenvalue weighted by molar-refractivity contribution is 0.181. The molecule has 0 radical (unpaired) electrons. The number of allylic oxidation sites excluding steroid dienone is 1. The van der Waals surface area contributed by atoms with Gasteiger partial charge in [0.25, 0.3) is 0 Å². The van der Waals surface area contributed by atoms with E-state index in [2.05, 4.69) is 6.07 Å². The van der Waals surface area contributed by atoms with Gasteiger partial charge in [-0.05, 0) is 27.7 Å². The Morgan fingerprint density at radius 2 is 1.62 bits per heavy atom. The van der Waals surface area contributed by atoms with Crippen LogP contribution in [-0.2, 0) is 9.05 Å². The van der Waals surface area contributed by atoms with Crippen molar-refractivity contribution in [2.45, 2.75) is 39.9 Å². The van der Waals surface area contributed by atoms with Crippen LogP contribution in [0.25, 0.3) is 0 Å². The molecule has 4 nitrogen and oxygen atoms in total. The molecule has 0 aliphatic heterocycles. The van der Waals surface area contributed by atoms with E-state index in [0.717, 1.165) is 0 Å². The fourth-order valence-electron chi connectivity index (χ4n) is 0.883. The summed E-state index contributed by atoms with van der Waals surface area (Å²) in [4.78, 5) is 1.82. The van der Waals surface area contributed by atoms with E-state index in [1.807, 2.05) is 46.7 Å². The molecule has 0 spiro atoms. The van der Waals surface area contributed by atoms with Gasteiger partial charge in [-0.2, -0.15) is 5.26 Å². The molecule has 0 aliphatic rings. The van der Waals surface area contributed by atoms with Gasteiger partial charge in [-0.1, -0.05) is 0 Å². The van der Waals surface area contributed by atoms with Gasteiger partial charge in [-0.3, -0.25) is 0 Å². The molecule has 0 aromatic rings. The molecule has 0 heterocycles. The summed E-state index contributed by atoms with van der Waals surface area (Å²) in [6.45, 7) is 7.74. The van der Waals surface area contributed by atoms with Gasteiger partial charge in [0.1, 0.15) is 11.4 Å². The Bertz CT molecular complexity index is 260. The molecule has 0 aromatic heterocycles. The lowest BCUT2D eigenvalue weighted by Crippen LogP contribution is -2.08. The van der Waals surface area contributed by atoms with E-state index >= 15 is 0 Å². The van der Waals surface area contributed by atoms with Gasteiger partial charge < -0.3 is 13.9 Å². The van der Waals surface area contributed by atoms with Crippen molar-refractivity contribution in [1.29, 1.82) is 5.26 Å². The third-order valence-electron chi connectivity index (χ3n) is 1.30. The summed E-state index contributed by atoms with van der Waals surface area (Å²) in [5.74, 6) is 0. The Kier molecular flexibility index (Phi) is 7.33. The van der Waals surface area contributed by atoms with Crippen LogP contribution in [0.3, 0.4) is 0 Å². The van der Waals surface area contributed by atoms with Gasteiger partial charge in [-0.25, -0.2) is 0 Å². The van der Waals surface area contributed by atoms with Gasteiger partial charge >= 0.3 is 0 Å². The van der Waals surface area contributed by atoms with Crippen molar-refractivity contribution in [2.24, 2.45) is 0 Å². The first kappa shape index (κ1) is 15.4. The Labute approximate surface area is 99.8 Å². The number of nitrogens with zero attached hydrogens (tertiary/aromatic N) is 2. The van der Waals surface area contributed by atoms with Crippen molar-refractivity contribution in [3.63, 3.8) is 0 Å². The van der Waals surface area contributed by atoms with Crippen LogP contribution < -0.4 is 0 Å². The first-order chi connectivity index (χ1) is 7.36. The van der Waals surface area contributed by atoms with E-state index in [1.54, 1.807) is 6.20 Å². The Morgan fingerprint density at radius 1 is 1.19 bits per heavy atom. The highest BCUT2D eigenvalue weighted by atomic mass is 31.2. The lowest BCUT2D eigenvalue weighted by Gasteiger charge is -2.21. The van der Waals surface area contributed by atoms with Crippen molar-refractivity contribution in [1.82, 2.24) is 4.90 Å². The molecule has 92 valence electrons. The zero-order chi connectivity index (χ0) is 12.7. The Morgan fingerprint density at radius 3 is 1.88 bits per heavy atom. The molecule has 0 rings (SSSR count). The average Bonchev–Trinajstić information content (AvgIpc) is 2.11. The van der Waals surface area contributed by atoms with Crippen molar-refractivity contribution in [2.75, 3.05) is 14.1 Å². The maximum Gasteiger partial charge on any atom is 0.218 e. The van der Waals surface area contributed by atoms with Crippen LogP contribution in [0.4, 0.5) is 0 Å². The molecule has 0 amide bonds. The average molecular weight is 244 g/mol. The number of nitriles is 1. The highest BCUT2D eigenvalue weighted by Gasteiger charge is 2.20. The summed E-state index contributed by atoms with van der Waals surface area (Å²) < 4.78 is 11.3. The zero-order valence-electron chi connectivity index (χ0n) is 10.9. The van der Waals surface area contributed by atoms with Gasteiger partial charge in [0, 0.05) is 20.3 Å². The number of hydrogen-bond donors (Lipinski definition) is 0. The second-order valence-electron chi connectivity index (χ2n) is 4.16. The molecular formula is C11H21N2O2P. The first-order valence-corrected chi connectivity index (χ1v) is 6.46. The molecule has 0 atom stereocenters. The van der Waals surface area contributed by atoms with Crippen molar-refractivity contribution < 1.29 is 9.05 Å². The summed E-state index contributed by atoms with van der Waals surface area (Å²) in [5.41, 5.74) is 0. The molecule has 0 fully saturated rings. The molecule has 0 saturated heterocycles. The van der Waals surface area contributed by atoms with Gasteiger partial charge in [0.05, 0.1) is 12.2 Å². The van der Waals surface area contributed by atoms with Crippen LogP contribution in [-0.4, -0.2) is 31.2 Å². The Balaban J connectivity index is 4.77. The predicted octanol–water partition coefficient (Wildman–Crippen LogP) is 3.07. The summed E-state index contributed by atoms with van der Waals surface area (Å²) in [6, 6.07) is 2.14. The topological polar surface area (TPSA) is 45.5 Å². The SMILES string of the molecule is CC(C)OP(OC(C)C)/C(C#N)=C/N(C)C. The van der Waals surface area contributed by atoms with Crippen LogP contribution in [0, 0.1) is 11.3 Å². The van der Waals surface area contributed by atoms with Gasteiger partial charge in [-0.15, -0.1) is 0 Å². The molecule has 0 N–H and O–H groups in total. The first-order valence-electron chi connectivity index (χ1n) is 5.28. The zero-order valence-corrected chi connectivity index (χ0v) is 11.8. The maximum atomic E-state index is 9.08. The standard InChI is InChI=1S/C11H21N2O2P/c1-9(2)14-16(15-10(3)4)11(7-12)8-13(5)6/h8-10H,1-6H3/b11-8+. The molecule has 0 bridgehead atoms. The maximum absolute atomic E-state index is 9.08. The molecule has 16 heavy (non-hydrogen) atoms. The minimum absolute atomic E-state index is 0.0452. The quantitative estimate of drug-likeness (QED) is 0.532. The van der Waals surface area contributed by atoms with Crippen molar-refractivity contribution in [3.8, 4) is 6.07 Å². The Hall–Kier alpha value is -0.620. The highest BCUT2D eigenvalue weighted by molar-refractivity contribution is 7.52. The predicted molar refractivity (Wildman–Crippen MR) is 66.7 cm³/mol. The third kappa shape index (κ3) is 6.79. The van der Waals surface area contributed by atoms with Gasteiger partial charge in [0.15, 0.2) is 0 Å². The van der Waals surface area contributed by atoms with E-state index in [1.165, 1.54) is 0 Å². The van der Waals surface area contributed by atoms with Crippen LogP contribution in [0.2, 0.25) is 0 Å². The van der Waals surface area contributed by atoms with Crippen LogP contribution in [0.1, 0.15) is 27.7 Å². The van der Waals surface area contributed by atoms with Crippen LogP contribution in [0.15, 0.2) is 11.5 Å². The highest BCUT2D eigenvalue weighted by Crippen LogP contribution is 2.48. The minimum atomic E-state index is -1.28. The number of rotatable bonds is 6. The van der Waals surface area contributed by atoms with Crippen LogP contribution in [0.5, 0.6) is 0 Å². The van der Waals surface area contributed by atoms with E-state index < -0.39 is 8.38 Å². The largest absolute Gasteiger partial charge is 0.382 e. The fraction of sp³-hybridized carbons (Fsp3) is 0.727. The van der Waals surface area contributed by atoms with Crippen molar-refractivity contribution >= 4 is 8.38 Å². The molecule has 0 saturated carbocycles. The lowest BCUT2D eigenvalue weighted by atomic mass is 10.5.